The highest BCUT2D eigenvalue weighted by Gasteiger charge is 2.30. The molecule has 0 saturated heterocycles. The van der Waals surface area contributed by atoms with Crippen LogP contribution in [0.3, 0.4) is 0 Å². The van der Waals surface area contributed by atoms with Gasteiger partial charge in [0.25, 0.3) is 0 Å². The molecule has 0 atom stereocenters. The topological polar surface area (TPSA) is 81.4 Å². The van der Waals surface area contributed by atoms with Crippen molar-refractivity contribution in [2.45, 2.75) is 12.8 Å². The molecule has 0 unspecified atom stereocenters. The van der Waals surface area contributed by atoms with Crippen molar-refractivity contribution in [2.24, 2.45) is 5.92 Å². The van der Waals surface area contributed by atoms with E-state index in [1.165, 1.54) is 25.8 Å². The molecular formula is C15H14N2O4. The van der Waals surface area contributed by atoms with E-state index < -0.39 is 5.97 Å². The zero-order chi connectivity index (χ0) is 14.8. The monoisotopic (exact) mass is 286 g/mol. The third kappa shape index (κ3) is 2.79. The third-order valence-corrected chi connectivity index (χ3v) is 3.30. The van der Waals surface area contributed by atoms with Crippen LogP contribution in [-0.4, -0.2) is 24.0 Å². The molecule has 0 aromatic carbocycles. The Bertz CT molecular complexity index is 675. The Morgan fingerprint density at radius 2 is 2.24 bits per heavy atom. The summed E-state index contributed by atoms with van der Waals surface area (Å²) in [6.07, 6.45) is 6.35. The summed E-state index contributed by atoms with van der Waals surface area (Å²) >= 11 is 0. The molecule has 0 bridgehead atoms. The Balaban J connectivity index is 1.94. The summed E-state index contributed by atoms with van der Waals surface area (Å²) in [5.41, 5.74) is 1.91. The van der Waals surface area contributed by atoms with E-state index in [0.717, 1.165) is 12.8 Å². The van der Waals surface area contributed by atoms with Crippen molar-refractivity contribution in [2.75, 3.05) is 12.4 Å². The van der Waals surface area contributed by atoms with E-state index in [9.17, 15) is 9.59 Å². The first-order valence-corrected chi connectivity index (χ1v) is 6.61. The van der Waals surface area contributed by atoms with Crippen LogP contribution in [0.15, 0.2) is 35.3 Å². The second kappa shape index (κ2) is 5.40. The van der Waals surface area contributed by atoms with E-state index in [0.29, 0.717) is 16.9 Å². The Kier molecular flexibility index (Phi) is 3.43. The molecule has 1 fully saturated rings. The predicted molar refractivity (Wildman–Crippen MR) is 74.6 cm³/mol. The van der Waals surface area contributed by atoms with Gasteiger partial charge in [-0.1, -0.05) is 0 Å². The fourth-order valence-electron chi connectivity index (χ4n) is 2.02. The van der Waals surface area contributed by atoms with Gasteiger partial charge in [0, 0.05) is 11.5 Å². The van der Waals surface area contributed by atoms with Gasteiger partial charge in [0.05, 0.1) is 42.8 Å². The molecule has 6 heteroatoms. The lowest BCUT2D eigenvalue weighted by Gasteiger charge is -2.09. The minimum absolute atomic E-state index is 0.0383. The number of methoxy groups -OCH3 is 1. The molecule has 1 aliphatic rings. The van der Waals surface area contributed by atoms with Crippen molar-refractivity contribution in [3.63, 3.8) is 0 Å². The summed E-state index contributed by atoms with van der Waals surface area (Å²) < 4.78 is 9.78. The predicted octanol–water partition coefficient (Wildman–Crippen LogP) is 2.48. The summed E-state index contributed by atoms with van der Waals surface area (Å²) in [4.78, 5) is 27.9. The molecule has 6 nitrogen and oxygen atoms in total. The standard InChI is InChI=1S/C15H14N2O4/c1-20-15(19)12-6-11(17-14(18)9-2-3-9)7-16-13(12)10-4-5-21-8-10/h4-9H,2-3H2,1H3,(H,17,18). The van der Waals surface area contributed by atoms with Crippen LogP contribution in [0.5, 0.6) is 0 Å². The molecule has 1 aliphatic carbocycles. The number of ether oxygens (including phenoxy) is 1. The van der Waals surface area contributed by atoms with E-state index in [-0.39, 0.29) is 17.4 Å². The van der Waals surface area contributed by atoms with Gasteiger partial charge in [0.1, 0.15) is 0 Å². The van der Waals surface area contributed by atoms with Crippen molar-refractivity contribution in [3.05, 3.63) is 36.4 Å². The summed E-state index contributed by atoms with van der Waals surface area (Å²) in [6, 6.07) is 3.28. The van der Waals surface area contributed by atoms with Crippen LogP contribution in [0, 0.1) is 5.92 Å². The van der Waals surface area contributed by atoms with Gasteiger partial charge in [0.2, 0.25) is 5.91 Å². The number of amides is 1. The van der Waals surface area contributed by atoms with Crippen LogP contribution in [0.1, 0.15) is 23.2 Å². The zero-order valence-corrected chi connectivity index (χ0v) is 11.5. The SMILES string of the molecule is COC(=O)c1cc(NC(=O)C2CC2)cnc1-c1ccoc1. The van der Waals surface area contributed by atoms with Crippen LogP contribution in [0.2, 0.25) is 0 Å². The number of aromatic nitrogens is 1. The van der Waals surface area contributed by atoms with Crippen molar-refractivity contribution >= 4 is 17.6 Å². The summed E-state index contributed by atoms with van der Waals surface area (Å²) in [5.74, 6) is -0.468. The van der Waals surface area contributed by atoms with E-state index in [4.69, 9.17) is 9.15 Å². The molecule has 0 radical (unpaired) electrons. The third-order valence-electron chi connectivity index (χ3n) is 3.30. The number of carbonyl (C=O) groups excluding carboxylic acids is 2. The fraction of sp³-hybridized carbons (Fsp3) is 0.267. The highest BCUT2D eigenvalue weighted by Crippen LogP contribution is 2.31. The molecular weight excluding hydrogens is 272 g/mol. The first-order valence-electron chi connectivity index (χ1n) is 6.61. The molecule has 1 amide bonds. The normalized spacial score (nSPS) is 13.8. The Labute approximate surface area is 121 Å². The second-order valence-corrected chi connectivity index (χ2v) is 4.89. The molecule has 2 aromatic rings. The summed E-state index contributed by atoms with van der Waals surface area (Å²) in [5, 5.41) is 2.76. The molecule has 2 aromatic heterocycles. The van der Waals surface area contributed by atoms with Crippen LogP contribution in [-0.2, 0) is 9.53 Å². The molecule has 2 heterocycles. The minimum Gasteiger partial charge on any atom is -0.472 e. The lowest BCUT2D eigenvalue weighted by molar-refractivity contribution is -0.117. The van der Waals surface area contributed by atoms with Crippen LogP contribution >= 0.6 is 0 Å². The van der Waals surface area contributed by atoms with Gasteiger partial charge in [-0.25, -0.2) is 4.79 Å². The average molecular weight is 286 g/mol. The average Bonchev–Trinajstić information content (AvgIpc) is 3.22. The highest BCUT2D eigenvalue weighted by molar-refractivity contribution is 5.99. The van der Waals surface area contributed by atoms with Crippen LogP contribution in [0.4, 0.5) is 5.69 Å². The van der Waals surface area contributed by atoms with Crippen molar-refractivity contribution in [1.29, 1.82) is 0 Å². The maximum atomic E-state index is 11.9. The van der Waals surface area contributed by atoms with Crippen molar-refractivity contribution in [1.82, 2.24) is 4.98 Å². The number of pyridine rings is 1. The first-order chi connectivity index (χ1) is 10.2. The number of hydrogen-bond acceptors (Lipinski definition) is 5. The van der Waals surface area contributed by atoms with Gasteiger partial charge in [-0.15, -0.1) is 0 Å². The Hall–Kier alpha value is -2.63. The first kappa shape index (κ1) is 13.4. The van der Waals surface area contributed by atoms with Crippen molar-refractivity contribution < 1.29 is 18.7 Å². The number of esters is 1. The number of nitrogens with one attached hydrogen (secondary N) is 1. The Morgan fingerprint density at radius 1 is 1.43 bits per heavy atom. The second-order valence-electron chi connectivity index (χ2n) is 4.89. The highest BCUT2D eigenvalue weighted by atomic mass is 16.5. The van der Waals surface area contributed by atoms with Crippen LogP contribution in [0.25, 0.3) is 11.3 Å². The minimum atomic E-state index is -0.513. The maximum absolute atomic E-state index is 11.9. The smallest absolute Gasteiger partial charge is 0.340 e. The number of hydrogen-bond donors (Lipinski definition) is 1. The zero-order valence-electron chi connectivity index (χ0n) is 11.5. The fourth-order valence-corrected chi connectivity index (χ4v) is 2.02. The summed E-state index contributed by atoms with van der Waals surface area (Å²) in [6.45, 7) is 0. The van der Waals surface area contributed by atoms with Crippen molar-refractivity contribution in [3.8, 4) is 11.3 Å². The molecule has 3 rings (SSSR count). The summed E-state index contributed by atoms with van der Waals surface area (Å²) in [7, 11) is 1.30. The lowest BCUT2D eigenvalue weighted by Crippen LogP contribution is -2.14. The number of carbonyl (C=O) groups is 2. The number of furan rings is 1. The van der Waals surface area contributed by atoms with Gasteiger partial charge >= 0.3 is 5.97 Å². The molecule has 0 spiro atoms. The van der Waals surface area contributed by atoms with E-state index in [1.54, 1.807) is 12.1 Å². The molecule has 1 N–H and O–H groups in total. The van der Waals surface area contributed by atoms with Gasteiger partial charge in [0.15, 0.2) is 0 Å². The van der Waals surface area contributed by atoms with Gasteiger partial charge in [-0.3, -0.25) is 9.78 Å². The number of nitrogens with zero attached hydrogens (tertiary/aromatic N) is 1. The molecule has 1 saturated carbocycles. The number of rotatable bonds is 4. The van der Waals surface area contributed by atoms with E-state index in [2.05, 4.69) is 10.3 Å². The molecule has 108 valence electrons. The molecule has 21 heavy (non-hydrogen) atoms. The van der Waals surface area contributed by atoms with E-state index >= 15 is 0 Å². The quantitative estimate of drug-likeness (QED) is 0.873. The van der Waals surface area contributed by atoms with Gasteiger partial charge in [-0.2, -0.15) is 0 Å². The van der Waals surface area contributed by atoms with Gasteiger partial charge < -0.3 is 14.5 Å². The largest absolute Gasteiger partial charge is 0.472 e. The number of anilines is 1. The van der Waals surface area contributed by atoms with Gasteiger partial charge in [-0.05, 0) is 25.0 Å². The Morgan fingerprint density at radius 3 is 2.86 bits per heavy atom. The van der Waals surface area contributed by atoms with Crippen LogP contribution < -0.4 is 5.32 Å². The van der Waals surface area contributed by atoms with E-state index in [1.807, 2.05) is 0 Å². The lowest BCUT2D eigenvalue weighted by atomic mass is 10.1. The maximum Gasteiger partial charge on any atom is 0.340 e. The molecule has 0 aliphatic heterocycles.